The zero-order valence-corrected chi connectivity index (χ0v) is 18.6. The first kappa shape index (κ1) is 22.4. The fourth-order valence-electron chi connectivity index (χ4n) is 4.10. The van der Waals surface area contributed by atoms with Gasteiger partial charge in [-0.15, -0.1) is 5.10 Å². The summed E-state index contributed by atoms with van der Waals surface area (Å²) in [5.41, 5.74) is 2.52. The molecular formula is C24H24FeN4O3+2. The molecule has 164 valence electrons. The molecular weight excluding hydrogens is 448 g/mol. The summed E-state index contributed by atoms with van der Waals surface area (Å²) in [6.07, 6.45) is 19.6. The SMILES string of the molecule is C1=CCC=C1.O=C1N(CCn2cc(C3C=CC=C3)nn2)c2ccccc2C12OCCO2.[Fe+2]. The van der Waals surface area contributed by atoms with Crippen LogP contribution in [-0.4, -0.2) is 40.7 Å². The molecule has 2 aromatic rings. The molecule has 0 atom stereocenters. The van der Waals surface area contributed by atoms with Crippen molar-refractivity contribution in [2.24, 2.45) is 0 Å². The third kappa shape index (κ3) is 4.14. The number of hydrogen-bond donors (Lipinski definition) is 0. The summed E-state index contributed by atoms with van der Waals surface area (Å²) in [6, 6.07) is 7.63. The Morgan fingerprint density at radius 2 is 1.72 bits per heavy atom. The van der Waals surface area contributed by atoms with Crippen LogP contribution >= 0.6 is 0 Å². The number of nitrogens with zero attached hydrogens (tertiary/aromatic N) is 4. The third-order valence-electron chi connectivity index (χ3n) is 5.62. The Hall–Kier alpha value is -2.77. The predicted octanol–water partition coefficient (Wildman–Crippen LogP) is 3.23. The quantitative estimate of drug-likeness (QED) is 0.640. The van der Waals surface area contributed by atoms with Gasteiger partial charge in [0.1, 0.15) is 0 Å². The van der Waals surface area contributed by atoms with Crippen LogP contribution in [0.2, 0.25) is 0 Å². The number of amides is 1. The fraction of sp³-hybridized carbons (Fsp3) is 0.292. The Morgan fingerprint density at radius 3 is 2.41 bits per heavy atom. The molecule has 2 aliphatic carbocycles. The molecule has 6 rings (SSSR count). The maximum atomic E-state index is 13.0. The van der Waals surface area contributed by atoms with E-state index in [1.807, 2.05) is 42.6 Å². The Balaban J connectivity index is 0.000000363. The molecule has 1 aromatic carbocycles. The summed E-state index contributed by atoms with van der Waals surface area (Å²) >= 11 is 0. The third-order valence-corrected chi connectivity index (χ3v) is 5.62. The van der Waals surface area contributed by atoms with Crippen LogP contribution in [0, 0.1) is 0 Å². The largest absolute Gasteiger partial charge is 2.00 e. The molecule has 2 aliphatic heterocycles. The molecule has 1 fully saturated rings. The van der Waals surface area contributed by atoms with Gasteiger partial charge in [0.05, 0.1) is 31.1 Å². The van der Waals surface area contributed by atoms with Gasteiger partial charge in [-0.2, -0.15) is 0 Å². The van der Waals surface area contributed by atoms with Crippen LogP contribution in [0.1, 0.15) is 23.6 Å². The minimum Gasteiger partial charge on any atom is -0.336 e. The molecule has 1 spiro atoms. The number of aromatic nitrogens is 3. The van der Waals surface area contributed by atoms with Gasteiger partial charge in [0.2, 0.25) is 0 Å². The predicted molar refractivity (Wildman–Crippen MR) is 116 cm³/mol. The standard InChI is InChI=1S/C19H18N4O3.C5H6.Fe/c24-18-19(25-11-12-26-19)15-7-3-4-8-17(15)23(18)10-9-22-13-16(20-21-22)14-5-1-2-6-14;1-2-4-5-3-1;/h1-8,13-14H,9-12H2;1-4H,5H2;/q;;+2. The van der Waals surface area contributed by atoms with Gasteiger partial charge in [-0.3, -0.25) is 9.48 Å². The first-order valence-electron chi connectivity index (χ1n) is 10.5. The van der Waals surface area contributed by atoms with E-state index in [0.717, 1.165) is 23.4 Å². The van der Waals surface area contributed by atoms with Crippen LogP contribution in [0.25, 0.3) is 0 Å². The normalized spacial score (nSPS) is 19.5. The first-order valence-corrected chi connectivity index (χ1v) is 10.5. The van der Waals surface area contributed by atoms with Gasteiger partial charge in [-0.05, 0) is 12.5 Å². The van der Waals surface area contributed by atoms with Gasteiger partial charge in [0, 0.05) is 24.2 Å². The first-order chi connectivity index (χ1) is 15.3. The van der Waals surface area contributed by atoms with Crippen molar-refractivity contribution in [2.45, 2.75) is 24.7 Å². The molecule has 3 heterocycles. The summed E-state index contributed by atoms with van der Waals surface area (Å²) in [5.74, 6) is -1.26. The van der Waals surface area contributed by atoms with Gasteiger partial charge in [-0.25, -0.2) is 0 Å². The monoisotopic (exact) mass is 472 g/mol. The van der Waals surface area contributed by atoms with E-state index in [1.165, 1.54) is 0 Å². The molecule has 0 N–H and O–H groups in total. The molecule has 0 radical (unpaired) electrons. The summed E-state index contributed by atoms with van der Waals surface area (Å²) in [7, 11) is 0. The van der Waals surface area contributed by atoms with Gasteiger partial charge in [-0.1, -0.05) is 72.0 Å². The van der Waals surface area contributed by atoms with Crippen molar-refractivity contribution in [2.75, 3.05) is 24.7 Å². The fourth-order valence-corrected chi connectivity index (χ4v) is 4.10. The number of fused-ring (bicyclic) bond motifs is 2. The van der Waals surface area contributed by atoms with Crippen molar-refractivity contribution in [3.05, 3.63) is 90.3 Å². The number of hydrogen-bond acceptors (Lipinski definition) is 5. The van der Waals surface area contributed by atoms with Crippen molar-refractivity contribution < 1.29 is 31.3 Å². The van der Waals surface area contributed by atoms with E-state index in [4.69, 9.17) is 9.47 Å². The van der Waals surface area contributed by atoms with Crippen LogP contribution in [0.5, 0.6) is 0 Å². The van der Waals surface area contributed by atoms with Gasteiger partial charge >= 0.3 is 17.1 Å². The maximum Gasteiger partial charge on any atom is 2.00 e. The molecule has 32 heavy (non-hydrogen) atoms. The van der Waals surface area contributed by atoms with E-state index in [-0.39, 0.29) is 28.9 Å². The van der Waals surface area contributed by atoms with Crippen molar-refractivity contribution in [1.29, 1.82) is 0 Å². The summed E-state index contributed by atoms with van der Waals surface area (Å²) < 4.78 is 13.2. The molecule has 1 aromatic heterocycles. The molecule has 1 amide bonds. The number of para-hydroxylation sites is 1. The van der Waals surface area contributed by atoms with E-state index in [2.05, 4.69) is 46.8 Å². The van der Waals surface area contributed by atoms with Crippen molar-refractivity contribution in [1.82, 2.24) is 15.0 Å². The van der Waals surface area contributed by atoms with Crippen molar-refractivity contribution in [3.8, 4) is 0 Å². The molecule has 0 unspecified atom stereocenters. The number of carbonyl (C=O) groups is 1. The van der Waals surface area contributed by atoms with Crippen LogP contribution in [-0.2, 0) is 43.7 Å². The minimum absolute atomic E-state index is 0. The number of carbonyl (C=O) groups excluding carboxylic acids is 1. The molecule has 0 saturated carbocycles. The summed E-state index contributed by atoms with van der Waals surface area (Å²) in [5, 5.41) is 8.43. The average Bonchev–Trinajstić information content (AvgIpc) is 3.61. The zero-order valence-electron chi connectivity index (χ0n) is 17.5. The van der Waals surface area contributed by atoms with Crippen molar-refractivity contribution in [3.63, 3.8) is 0 Å². The minimum atomic E-state index is -1.27. The van der Waals surface area contributed by atoms with E-state index in [9.17, 15) is 4.79 Å². The number of anilines is 1. The van der Waals surface area contributed by atoms with Crippen molar-refractivity contribution >= 4 is 11.6 Å². The second kappa shape index (κ2) is 9.79. The topological polar surface area (TPSA) is 69.5 Å². The van der Waals surface area contributed by atoms with E-state index < -0.39 is 5.79 Å². The maximum absolute atomic E-state index is 13.0. The number of ether oxygens (including phenoxy) is 2. The number of allylic oxidation sites excluding steroid dienone is 8. The number of rotatable bonds is 4. The van der Waals surface area contributed by atoms with Crippen LogP contribution < -0.4 is 4.90 Å². The molecule has 8 heteroatoms. The van der Waals surface area contributed by atoms with Crippen LogP contribution in [0.3, 0.4) is 0 Å². The zero-order chi connectivity index (χ0) is 21.1. The van der Waals surface area contributed by atoms with E-state index >= 15 is 0 Å². The Kier molecular flexibility index (Phi) is 6.86. The van der Waals surface area contributed by atoms with E-state index in [1.54, 1.807) is 9.58 Å². The Labute approximate surface area is 197 Å². The molecule has 7 nitrogen and oxygen atoms in total. The molecule has 4 aliphatic rings. The smallest absolute Gasteiger partial charge is 0.336 e. The van der Waals surface area contributed by atoms with Gasteiger partial charge in [0.15, 0.2) is 0 Å². The summed E-state index contributed by atoms with van der Waals surface area (Å²) in [6.45, 7) is 1.86. The average molecular weight is 472 g/mol. The van der Waals surface area contributed by atoms with Gasteiger partial charge in [0.25, 0.3) is 11.7 Å². The second-order valence-corrected chi connectivity index (χ2v) is 7.58. The molecule has 0 bridgehead atoms. The van der Waals surface area contributed by atoms with E-state index in [0.29, 0.717) is 26.3 Å². The van der Waals surface area contributed by atoms with Gasteiger partial charge < -0.3 is 14.4 Å². The Bertz CT molecular complexity index is 1060. The second-order valence-electron chi connectivity index (χ2n) is 7.58. The Morgan fingerprint density at radius 1 is 1.00 bits per heavy atom. The molecule has 1 saturated heterocycles. The number of benzene rings is 1. The summed E-state index contributed by atoms with van der Waals surface area (Å²) in [4.78, 5) is 14.8. The van der Waals surface area contributed by atoms with Crippen LogP contribution in [0.4, 0.5) is 5.69 Å². The van der Waals surface area contributed by atoms with Crippen LogP contribution in [0.15, 0.2) is 79.1 Å².